The number of benzene rings is 1. The molecule has 1 nitrogen and oxygen atoms in total. The second-order valence-corrected chi connectivity index (χ2v) is 5.84. The predicted octanol–water partition coefficient (Wildman–Crippen LogP) is 5.45. The lowest BCUT2D eigenvalue weighted by Crippen LogP contribution is -2.04. The highest BCUT2D eigenvalue weighted by Gasteiger charge is 2.30. The molecule has 0 spiro atoms. The first kappa shape index (κ1) is 16.7. The van der Waals surface area contributed by atoms with Crippen molar-refractivity contribution in [2.75, 3.05) is 0 Å². The second kappa shape index (κ2) is 6.90. The van der Waals surface area contributed by atoms with E-state index >= 15 is 0 Å². The third-order valence-corrected chi connectivity index (χ3v) is 3.45. The number of hydrogen-bond donors (Lipinski definition) is 0. The molecule has 0 aliphatic carbocycles. The molecule has 0 N–H and O–H groups in total. The van der Waals surface area contributed by atoms with Crippen molar-refractivity contribution in [2.24, 2.45) is 0 Å². The fourth-order valence-corrected chi connectivity index (χ4v) is 2.25. The van der Waals surface area contributed by atoms with Crippen LogP contribution in [0.3, 0.4) is 0 Å². The van der Waals surface area contributed by atoms with Crippen molar-refractivity contribution in [3.05, 3.63) is 57.3 Å². The van der Waals surface area contributed by atoms with Gasteiger partial charge in [0.1, 0.15) is 0 Å². The Kier molecular flexibility index (Phi) is 5.77. The quantitative estimate of drug-likeness (QED) is 0.639. The summed E-state index contributed by atoms with van der Waals surface area (Å²) in [5.41, 5.74) is -0.746. The van der Waals surface area contributed by atoms with E-state index in [4.69, 9.17) is 11.6 Å². The van der Waals surface area contributed by atoms with Gasteiger partial charge in [0.2, 0.25) is 0 Å². The van der Waals surface area contributed by atoms with E-state index in [1.54, 1.807) is 0 Å². The topological polar surface area (TPSA) is 17.1 Å². The van der Waals surface area contributed by atoms with Gasteiger partial charge >= 0.3 is 6.18 Å². The Bertz CT molecular complexity index is 556. The molecule has 0 amide bonds. The molecule has 0 unspecified atom stereocenters. The molecule has 0 saturated carbocycles. The maximum atomic E-state index is 12.0. The predicted molar refractivity (Wildman–Crippen MR) is 75.4 cm³/mol. The summed E-state index contributed by atoms with van der Waals surface area (Å²) in [6, 6.07) is 7.99. The van der Waals surface area contributed by atoms with Crippen LogP contribution in [0.4, 0.5) is 13.2 Å². The summed E-state index contributed by atoms with van der Waals surface area (Å²) in [6.07, 6.45) is -4.38. The molecule has 0 radical (unpaired) electrons. The van der Waals surface area contributed by atoms with Crippen LogP contribution in [0.2, 0.25) is 0 Å². The van der Waals surface area contributed by atoms with E-state index in [2.05, 4.69) is 26.0 Å². The van der Waals surface area contributed by atoms with Gasteiger partial charge in [0.25, 0.3) is 5.24 Å². The summed E-state index contributed by atoms with van der Waals surface area (Å²) in [4.78, 5) is 13.3. The molecule has 1 heterocycles. The van der Waals surface area contributed by atoms with Gasteiger partial charge in [-0.05, 0) is 61.8 Å². The number of rotatable bonds is 1. The zero-order valence-corrected chi connectivity index (χ0v) is 12.4. The van der Waals surface area contributed by atoms with Crippen molar-refractivity contribution in [3.8, 4) is 0 Å². The average Bonchev–Trinajstić information content (AvgIpc) is 2.73. The Morgan fingerprint density at radius 1 is 1.00 bits per heavy atom. The number of aryl methyl sites for hydroxylation is 2. The van der Waals surface area contributed by atoms with Gasteiger partial charge in [-0.2, -0.15) is 13.2 Å². The Morgan fingerprint density at radius 3 is 1.70 bits per heavy atom. The number of carbonyl (C=O) groups excluding carboxylic acids is 1. The summed E-state index contributed by atoms with van der Waals surface area (Å²) < 4.78 is 36.0. The Hall–Kier alpha value is -1.33. The SMILES string of the molecule is Cc1ccc(C)s1.O=C(Cl)c1ccc(C(F)(F)F)cc1. The van der Waals surface area contributed by atoms with Crippen molar-refractivity contribution in [1.82, 2.24) is 0 Å². The molecule has 0 fully saturated rings. The van der Waals surface area contributed by atoms with Gasteiger partial charge in [0, 0.05) is 15.3 Å². The van der Waals surface area contributed by atoms with Gasteiger partial charge in [-0.3, -0.25) is 4.79 Å². The first-order valence-electron chi connectivity index (χ1n) is 5.60. The number of hydrogen-bond acceptors (Lipinski definition) is 2. The highest BCUT2D eigenvalue weighted by molar-refractivity contribution is 7.11. The second-order valence-electron chi connectivity index (χ2n) is 4.01. The van der Waals surface area contributed by atoms with Crippen molar-refractivity contribution in [2.45, 2.75) is 20.0 Å². The molecule has 1 aromatic heterocycles. The first-order valence-corrected chi connectivity index (χ1v) is 6.79. The van der Waals surface area contributed by atoms with E-state index < -0.39 is 17.0 Å². The first-order chi connectivity index (χ1) is 9.20. The maximum absolute atomic E-state index is 12.0. The lowest BCUT2D eigenvalue weighted by Gasteiger charge is -2.05. The van der Waals surface area contributed by atoms with Crippen LogP contribution in [-0.4, -0.2) is 5.24 Å². The van der Waals surface area contributed by atoms with Crippen molar-refractivity contribution >= 4 is 28.2 Å². The van der Waals surface area contributed by atoms with Gasteiger partial charge in [-0.1, -0.05) is 0 Å². The third kappa shape index (κ3) is 5.35. The highest BCUT2D eigenvalue weighted by atomic mass is 35.5. The molecule has 0 bridgehead atoms. The Morgan fingerprint density at radius 2 is 1.45 bits per heavy atom. The molecule has 0 aliphatic heterocycles. The van der Waals surface area contributed by atoms with Crippen LogP contribution in [0.25, 0.3) is 0 Å². The number of alkyl halides is 3. The Labute approximate surface area is 124 Å². The summed E-state index contributed by atoms with van der Waals surface area (Å²) in [6.45, 7) is 4.25. The fourth-order valence-electron chi connectivity index (χ4n) is 1.35. The van der Waals surface area contributed by atoms with Crippen LogP contribution in [-0.2, 0) is 6.18 Å². The molecule has 0 aliphatic rings. The van der Waals surface area contributed by atoms with Crippen molar-refractivity contribution in [1.29, 1.82) is 0 Å². The average molecular weight is 321 g/mol. The van der Waals surface area contributed by atoms with Crippen LogP contribution >= 0.6 is 22.9 Å². The zero-order valence-electron chi connectivity index (χ0n) is 10.8. The van der Waals surface area contributed by atoms with E-state index in [0.29, 0.717) is 0 Å². The van der Waals surface area contributed by atoms with E-state index in [9.17, 15) is 18.0 Å². The number of halogens is 4. The molecular formula is C14H12ClF3OS. The lowest BCUT2D eigenvalue weighted by molar-refractivity contribution is -0.137. The third-order valence-electron chi connectivity index (χ3n) is 2.31. The molecule has 2 rings (SSSR count). The van der Waals surface area contributed by atoms with Crippen LogP contribution < -0.4 is 0 Å². The fraction of sp³-hybridized carbons (Fsp3) is 0.214. The smallest absolute Gasteiger partial charge is 0.276 e. The van der Waals surface area contributed by atoms with Gasteiger partial charge in [-0.15, -0.1) is 11.3 Å². The van der Waals surface area contributed by atoms with Crippen molar-refractivity contribution < 1.29 is 18.0 Å². The Balaban J connectivity index is 0.000000240. The van der Waals surface area contributed by atoms with Crippen LogP contribution in [0.5, 0.6) is 0 Å². The minimum atomic E-state index is -4.38. The van der Waals surface area contributed by atoms with E-state index in [1.807, 2.05) is 11.3 Å². The summed E-state index contributed by atoms with van der Waals surface area (Å²) in [5, 5.41) is -0.770. The van der Waals surface area contributed by atoms with Crippen molar-refractivity contribution in [3.63, 3.8) is 0 Å². The van der Waals surface area contributed by atoms with E-state index in [-0.39, 0.29) is 5.56 Å². The lowest BCUT2D eigenvalue weighted by atomic mass is 10.1. The zero-order chi connectivity index (χ0) is 15.3. The molecule has 0 saturated heterocycles. The normalized spacial score (nSPS) is 10.7. The van der Waals surface area contributed by atoms with Gasteiger partial charge in [0.05, 0.1) is 5.56 Å². The molecule has 108 valence electrons. The van der Waals surface area contributed by atoms with Gasteiger partial charge in [0.15, 0.2) is 0 Å². The molecule has 0 atom stereocenters. The molecule has 6 heteroatoms. The largest absolute Gasteiger partial charge is 0.416 e. The van der Waals surface area contributed by atoms with Gasteiger partial charge in [-0.25, -0.2) is 0 Å². The van der Waals surface area contributed by atoms with Gasteiger partial charge < -0.3 is 0 Å². The number of thiophene rings is 1. The summed E-state index contributed by atoms with van der Waals surface area (Å²) in [5.74, 6) is 0. The van der Waals surface area contributed by atoms with Crippen LogP contribution in [0, 0.1) is 13.8 Å². The minimum Gasteiger partial charge on any atom is -0.276 e. The summed E-state index contributed by atoms with van der Waals surface area (Å²) >= 11 is 6.89. The molecule has 2 aromatic rings. The monoisotopic (exact) mass is 320 g/mol. The molecule has 1 aromatic carbocycles. The highest BCUT2D eigenvalue weighted by Crippen LogP contribution is 2.29. The molecular weight excluding hydrogens is 309 g/mol. The summed E-state index contributed by atoms with van der Waals surface area (Å²) in [7, 11) is 0. The standard InChI is InChI=1S/C8H4ClF3O.C6H8S/c9-7(13)5-1-3-6(4-2-5)8(10,11)12;1-5-3-4-6(2)7-5/h1-4H;3-4H,1-2H3. The van der Waals surface area contributed by atoms with E-state index in [0.717, 1.165) is 24.3 Å². The van der Waals surface area contributed by atoms with Crippen LogP contribution in [0.15, 0.2) is 36.4 Å². The maximum Gasteiger partial charge on any atom is 0.416 e. The van der Waals surface area contributed by atoms with Crippen LogP contribution in [0.1, 0.15) is 25.7 Å². The number of carbonyl (C=O) groups is 1. The minimum absolute atomic E-state index is 0.0506. The molecule has 20 heavy (non-hydrogen) atoms. The van der Waals surface area contributed by atoms with E-state index in [1.165, 1.54) is 9.75 Å².